The molecule has 2 fully saturated rings. The summed E-state index contributed by atoms with van der Waals surface area (Å²) in [6.45, 7) is 3.69. The van der Waals surface area contributed by atoms with E-state index in [1.54, 1.807) is 6.20 Å². The summed E-state index contributed by atoms with van der Waals surface area (Å²) in [5, 5.41) is 23.8. The Morgan fingerprint density at radius 2 is 1.89 bits per heavy atom. The SMILES string of the molecule is O=C(C[C@H]1CCCN(Cc2cc(F)cc(F)c2)C1)Nc1nnc(NC2CCN(c3cccnn3)C2)s1. The lowest BCUT2D eigenvalue weighted by atomic mass is 9.94. The third kappa shape index (κ3) is 6.49. The van der Waals surface area contributed by atoms with Gasteiger partial charge in [0.1, 0.15) is 11.6 Å². The minimum absolute atomic E-state index is 0.101. The van der Waals surface area contributed by atoms with E-state index in [9.17, 15) is 13.6 Å². The molecule has 2 aliphatic heterocycles. The van der Waals surface area contributed by atoms with Gasteiger partial charge in [0.15, 0.2) is 5.82 Å². The summed E-state index contributed by atoms with van der Waals surface area (Å²) < 4.78 is 27.0. The zero-order valence-electron chi connectivity index (χ0n) is 19.7. The number of rotatable bonds is 8. The van der Waals surface area contributed by atoms with Crippen LogP contribution in [0.2, 0.25) is 0 Å². The topological polar surface area (TPSA) is 99.2 Å². The number of hydrogen-bond acceptors (Lipinski definition) is 9. The van der Waals surface area contributed by atoms with Crippen LogP contribution in [0.4, 0.5) is 24.9 Å². The van der Waals surface area contributed by atoms with E-state index in [1.165, 1.54) is 23.5 Å². The van der Waals surface area contributed by atoms with Gasteiger partial charge in [0.25, 0.3) is 0 Å². The van der Waals surface area contributed by atoms with E-state index in [0.29, 0.717) is 35.3 Å². The molecule has 2 N–H and O–H groups in total. The fourth-order valence-corrected chi connectivity index (χ4v) is 5.65. The first-order chi connectivity index (χ1) is 17.5. The van der Waals surface area contributed by atoms with Gasteiger partial charge in [-0.1, -0.05) is 11.3 Å². The van der Waals surface area contributed by atoms with E-state index >= 15 is 0 Å². The molecule has 190 valence electrons. The highest BCUT2D eigenvalue weighted by Crippen LogP contribution is 2.26. The number of amides is 1. The Morgan fingerprint density at radius 3 is 2.69 bits per heavy atom. The lowest BCUT2D eigenvalue weighted by molar-refractivity contribution is -0.117. The van der Waals surface area contributed by atoms with Crippen molar-refractivity contribution in [3.05, 3.63) is 53.7 Å². The zero-order valence-corrected chi connectivity index (χ0v) is 20.6. The van der Waals surface area contributed by atoms with Gasteiger partial charge in [0.05, 0.1) is 0 Å². The van der Waals surface area contributed by atoms with Gasteiger partial charge in [0.2, 0.25) is 16.2 Å². The number of piperidine rings is 1. The Kier molecular flexibility index (Phi) is 7.61. The molecular formula is C24H28F2N8OS. The first kappa shape index (κ1) is 24.4. The second-order valence-corrected chi connectivity index (χ2v) is 10.3. The van der Waals surface area contributed by atoms with Crippen LogP contribution in [0.5, 0.6) is 0 Å². The van der Waals surface area contributed by atoms with Crippen LogP contribution in [0, 0.1) is 17.6 Å². The number of benzene rings is 1. The zero-order chi connectivity index (χ0) is 24.9. The van der Waals surface area contributed by atoms with Gasteiger partial charge in [-0.25, -0.2) is 8.78 Å². The predicted molar refractivity (Wildman–Crippen MR) is 134 cm³/mol. The van der Waals surface area contributed by atoms with Gasteiger partial charge in [-0.3, -0.25) is 9.69 Å². The molecule has 0 bridgehead atoms. The molecule has 0 spiro atoms. The number of nitrogens with one attached hydrogen (secondary N) is 2. The van der Waals surface area contributed by atoms with Crippen molar-refractivity contribution in [1.82, 2.24) is 25.3 Å². The van der Waals surface area contributed by atoms with Crippen LogP contribution >= 0.6 is 11.3 Å². The molecule has 5 rings (SSSR count). The van der Waals surface area contributed by atoms with Crippen molar-refractivity contribution in [1.29, 1.82) is 0 Å². The molecular weight excluding hydrogens is 486 g/mol. The average Bonchev–Trinajstić information content (AvgIpc) is 3.49. The van der Waals surface area contributed by atoms with Crippen molar-refractivity contribution in [3.63, 3.8) is 0 Å². The first-order valence-electron chi connectivity index (χ1n) is 12.1. The number of hydrogen-bond donors (Lipinski definition) is 2. The van der Waals surface area contributed by atoms with Crippen LogP contribution in [-0.4, -0.2) is 63.4 Å². The Labute approximate surface area is 211 Å². The van der Waals surface area contributed by atoms with Crippen LogP contribution in [0.25, 0.3) is 0 Å². The lowest BCUT2D eigenvalue weighted by Gasteiger charge is -2.32. The van der Waals surface area contributed by atoms with Crippen molar-refractivity contribution in [3.8, 4) is 0 Å². The fourth-order valence-electron chi connectivity index (χ4n) is 4.91. The Morgan fingerprint density at radius 1 is 1.06 bits per heavy atom. The molecule has 1 aromatic carbocycles. The van der Waals surface area contributed by atoms with Crippen molar-refractivity contribution < 1.29 is 13.6 Å². The standard InChI is InChI=1S/C24H28F2N8OS/c25-18-9-17(10-19(26)12-18)14-33-7-2-3-16(13-33)11-22(35)29-24-32-31-23(36-24)28-20-5-8-34(15-20)21-4-1-6-27-30-21/h1,4,6,9-10,12,16,20H,2-3,5,7-8,11,13-15H2,(H,28,31)(H,29,32,35)/t16-,20?/m1/s1. The number of carbonyl (C=O) groups is 1. The predicted octanol–water partition coefficient (Wildman–Crippen LogP) is 3.54. The highest BCUT2D eigenvalue weighted by atomic mass is 32.1. The lowest BCUT2D eigenvalue weighted by Crippen LogP contribution is -2.36. The van der Waals surface area contributed by atoms with E-state index in [0.717, 1.165) is 50.8 Å². The van der Waals surface area contributed by atoms with Gasteiger partial charge in [-0.15, -0.1) is 15.3 Å². The average molecular weight is 515 g/mol. The third-order valence-electron chi connectivity index (χ3n) is 6.48. The van der Waals surface area contributed by atoms with Gasteiger partial charge in [0, 0.05) is 50.9 Å². The maximum absolute atomic E-state index is 13.5. The second kappa shape index (κ2) is 11.2. The van der Waals surface area contributed by atoms with Crippen LogP contribution in [0.15, 0.2) is 36.5 Å². The quantitative estimate of drug-likeness (QED) is 0.471. The smallest absolute Gasteiger partial charge is 0.226 e. The summed E-state index contributed by atoms with van der Waals surface area (Å²) in [6.07, 6.45) is 4.85. The summed E-state index contributed by atoms with van der Waals surface area (Å²) in [6, 6.07) is 7.63. The summed E-state index contributed by atoms with van der Waals surface area (Å²) in [4.78, 5) is 17.0. The van der Waals surface area contributed by atoms with Crippen LogP contribution < -0.4 is 15.5 Å². The monoisotopic (exact) mass is 514 g/mol. The van der Waals surface area contributed by atoms with Crippen molar-refractivity contribution in [2.24, 2.45) is 5.92 Å². The molecule has 4 heterocycles. The summed E-state index contributed by atoms with van der Waals surface area (Å²) >= 11 is 1.32. The highest BCUT2D eigenvalue weighted by molar-refractivity contribution is 7.19. The molecule has 36 heavy (non-hydrogen) atoms. The Balaban J connectivity index is 1.08. The molecule has 2 aliphatic rings. The van der Waals surface area contributed by atoms with Crippen LogP contribution in [-0.2, 0) is 11.3 Å². The molecule has 1 unspecified atom stereocenters. The summed E-state index contributed by atoms with van der Waals surface area (Å²) in [7, 11) is 0. The second-order valence-electron chi connectivity index (χ2n) is 9.34. The number of nitrogens with zero attached hydrogens (tertiary/aromatic N) is 6. The van der Waals surface area contributed by atoms with Gasteiger partial charge < -0.3 is 15.5 Å². The number of anilines is 3. The molecule has 9 nitrogen and oxygen atoms in total. The first-order valence-corrected chi connectivity index (χ1v) is 12.9. The maximum Gasteiger partial charge on any atom is 0.226 e. The molecule has 0 radical (unpaired) electrons. The minimum atomic E-state index is -0.570. The Bertz CT molecular complexity index is 1160. The molecule has 2 saturated heterocycles. The van der Waals surface area contributed by atoms with Crippen molar-refractivity contribution >= 4 is 33.3 Å². The van der Waals surface area contributed by atoms with Crippen molar-refractivity contribution in [2.75, 3.05) is 41.7 Å². The Hall–Kier alpha value is -3.25. The number of aromatic nitrogens is 4. The van der Waals surface area contributed by atoms with E-state index in [1.807, 2.05) is 12.1 Å². The minimum Gasteiger partial charge on any atom is -0.355 e. The van der Waals surface area contributed by atoms with E-state index in [2.05, 4.69) is 40.8 Å². The molecule has 12 heteroatoms. The molecule has 0 saturated carbocycles. The van der Waals surface area contributed by atoms with Gasteiger partial charge in [-0.05, 0) is 61.6 Å². The molecule has 1 amide bonds. The number of halogens is 2. The highest BCUT2D eigenvalue weighted by Gasteiger charge is 2.25. The maximum atomic E-state index is 13.5. The number of carbonyl (C=O) groups excluding carboxylic acids is 1. The normalized spacial score (nSPS) is 20.4. The molecule has 2 aromatic heterocycles. The van der Waals surface area contributed by atoms with Gasteiger partial charge in [-0.2, -0.15) is 5.10 Å². The summed E-state index contributed by atoms with van der Waals surface area (Å²) in [5.74, 6) is -0.208. The third-order valence-corrected chi connectivity index (χ3v) is 7.25. The van der Waals surface area contributed by atoms with E-state index < -0.39 is 11.6 Å². The van der Waals surface area contributed by atoms with Crippen LogP contribution in [0.1, 0.15) is 31.2 Å². The van der Waals surface area contributed by atoms with Crippen LogP contribution in [0.3, 0.4) is 0 Å². The molecule has 2 atom stereocenters. The van der Waals surface area contributed by atoms with Crippen molar-refractivity contribution in [2.45, 2.75) is 38.3 Å². The fraction of sp³-hybridized carbons (Fsp3) is 0.458. The molecule has 3 aromatic rings. The van der Waals surface area contributed by atoms with E-state index in [4.69, 9.17) is 0 Å². The van der Waals surface area contributed by atoms with E-state index in [-0.39, 0.29) is 17.9 Å². The summed E-state index contributed by atoms with van der Waals surface area (Å²) in [5.41, 5.74) is 0.605. The molecule has 0 aliphatic carbocycles. The van der Waals surface area contributed by atoms with Gasteiger partial charge >= 0.3 is 0 Å². The number of likely N-dealkylation sites (tertiary alicyclic amines) is 1. The largest absolute Gasteiger partial charge is 0.355 e.